The zero-order valence-corrected chi connectivity index (χ0v) is 10.2. The Bertz CT molecular complexity index is 208. The van der Waals surface area contributed by atoms with Crippen LogP contribution in [0.4, 0.5) is 0 Å². The Balaban J connectivity index is 0.000001000. The zero-order valence-electron chi connectivity index (χ0n) is 6.63. The van der Waals surface area contributed by atoms with Gasteiger partial charge in [0.25, 0.3) is 0 Å². The van der Waals surface area contributed by atoms with Crippen molar-refractivity contribution in [3.05, 3.63) is 29.0 Å². The number of nitrogens with zero attached hydrogens (tertiary/aromatic N) is 1. The molecule has 57 valence electrons. The number of rotatable bonds is 1. The number of pyridine rings is 1. The topological polar surface area (TPSA) is 12.9 Å². The van der Waals surface area contributed by atoms with E-state index in [1.165, 1.54) is 0 Å². The summed E-state index contributed by atoms with van der Waals surface area (Å²) < 4.78 is 0. The van der Waals surface area contributed by atoms with Gasteiger partial charge < -0.3 is 4.98 Å². The van der Waals surface area contributed by atoms with Crippen LogP contribution in [0.3, 0.4) is 0 Å². The van der Waals surface area contributed by atoms with Crippen LogP contribution in [-0.2, 0) is 32.7 Å². The first-order valence-electron chi connectivity index (χ1n) is 3.23. The van der Waals surface area contributed by atoms with Gasteiger partial charge in [-0.1, -0.05) is 20.0 Å². The summed E-state index contributed by atoms with van der Waals surface area (Å²) in [6, 6.07) is 4.73. The second-order valence-corrected chi connectivity index (χ2v) is 2.87. The van der Waals surface area contributed by atoms with E-state index in [1.54, 1.807) is 12.3 Å². The summed E-state index contributed by atoms with van der Waals surface area (Å²) in [5.74, 6) is 0.477. The molecule has 0 N–H and O–H groups in total. The molecule has 1 aromatic rings. The molecule has 0 saturated carbocycles. The molecular formula is C8H9ClNY-. The van der Waals surface area contributed by atoms with E-state index in [1.807, 2.05) is 0 Å². The molecule has 0 unspecified atom stereocenters. The van der Waals surface area contributed by atoms with E-state index in [-0.39, 0.29) is 32.7 Å². The monoisotopic (exact) mass is 243 g/mol. The van der Waals surface area contributed by atoms with Gasteiger partial charge in [-0.2, -0.15) is 6.07 Å². The van der Waals surface area contributed by atoms with Crippen LogP contribution in [-0.4, -0.2) is 4.98 Å². The van der Waals surface area contributed by atoms with Crippen LogP contribution < -0.4 is 0 Å². The van der Waals surface area contributed by atoms with Gasteiger partial charge in [0.1, 0.15) is 0 Å². The molecule has 0 saturated heterocycles. The fourth-order valence-electron chi connectivity index (χ4n) is 0.664. The third-order valence-corrected chi connectivity index (χ3v) is 1.51. The van der Waals surface area contributed by atoms with Crippen LogP contribution in [0.2, 0.25) is 5.15 Å². The van der Waals surface area contributed by atoms with Crippen LogP contribution in [0.25, 0.3) is 0 Å². The summed E-state index contributed by atoms with van der Waals surface area (Å²) >= 11 is 5.57. The minimum Gasteiger partial charge on any atom is -0.372 e. The molecule has 11 heavy (non-hydrogen) atoms. The van der Waals surface area contributed by atoms with Crippen LogP contribution in [0.15, 0.2) is 12.3 Å². The third kappa shape index (κ3) is 3.64. The van der Waals surface area contributed by atoms with E-state index in [9.17, 15) is 0 Å². The van der Waals surface area contributed by atoms with Gasteiger partial charge in [0.05, 0.1) is 0 Å². The van der Waals surface area contributed by atoms with E-state index in [0.29, 0.717) is 11.1 Å². The van der Waals surface area contributed by atoms with Gasteiger partial charge in [-0.3, -0.25) is 0 Å². The quantitative estimate of drug-likeness (QED) is 0.546. The van der Waals surface area contributed by atoms with Crippen molar-refractivity contribution in [2.45, 2.75) is 19.8 Å². The average molecular weight is 244 g/mol. The summed E-state index contributed by atoms with van der Waals surface area (Å²) in [7, 11) is 0. The van der Waals surface area contributed by atoms with Crippen molar-refractivity contribution in [1.29, 1.82) is 0 Å². The summed E-state index contributed by atoms with van der Waals surface area (Å²) in [6.45, 7) is 4.20. The maximum absolute atomic E-state index is 5.57. The molecule has 3 heteroatoms. The second-order valence-electron chi connectivity index (χ2n) is 2.48. The summed E-state index contributed by atoms with van der Waals surface area (Å²) in [5.41, 5.74) is 1.10. The van der Waals surface area contributed by atoms with Crippen LogP contribution in [0.1, 0.15) is 25.3 Å². The van der Waals surface area contributed by atoms with Crippen LogP contribution in [0, 0.1) is 6.07 Å². The zero-order chi connectivity index (χ0) is 7.56. The molecule has 0 amide bonds. The van der Waals surface area contributed by atoms with Gasteiger partial charge in [-0.25, -0.2) is 0 Å². The SMILES string of the molecule is CC(C)c1[c-]cc(Cl)nc1.[Y]. The Hall–Kier alpha value is 0.544. The minimum atomic E-state index is 0. The first-order valence-corrected chi connectivity index (χ1v) is 3.61. The Morgan fingerprint density at radius 1 is 1.55 bits per heavy atom. The second kappa shape index (κ2) is 5.24. The molecule has 0 aliphatic carbocycles. The molecule has 0 aliphatic rings. The van der Waals surface area contributed by atoms with Gasteiger partial charge in [0.15, 0.2) is 0 Å². The largest absolute Gasteiger partial charge is 0.372 e. The van der Waals surface area contributed by atoms with Gasteiger partial charge >= 0.3 is 0 Å². The van der Waals surface area contributed by atoms with Crippen molar-refractivity contribution in [1.82, 2.24) is 4.98 Å². The molecule has 0 bridgehead atoms. The summed E-state index contributed by atoms with van der Waals surface area (Å²) in [4.78, 5) is 3.93. The van der Waals surface area contributed by atoms with Crippen molar-refractivity contribution in [2.75, 3.05) is 0 Å². The Kier molecular flexibility index (Phi) is 5.49. The average Bonchev–Trinajstić information content (AvgIpc) is 1.88. The van der Waals surface area contributed by atoms with Crippen molar-refractivity contribution in [3.63, 3.8) is 0 Å². The number of halogens is 1. The molecule has 1 heterocycles. The van der Waals surface area contributed by atoms with E-state index in [4.69, 9.17) is 11.6 Å². The fourth-order valence-corrected chi connectivity index (χ4v) is 0.768. The van der Waals surface area contributed by atoms with Crippen LogP contribution in [0.5, 0.6) is 0 Å². The normalized spacial score (nSPS) is 9.45. The fraction of sp³-hybridized carbons (Fsp3) is 0.375. The number of aromatic nitrogens is 1. The van der Waals surface area contributed by atoms with Crippen molar-refractivity contribution in [3.8, 4) is 0 Å². The minimum absolute atomic E-state index is 0. The third-order valence-electron chi connectivity index (χ3n) is 1.31. The number of hydrogen-bond donors (Lipinski definition) is 0. The molecule has 0 aromatic carbocycles. The van der Waals surface area contributed by atoms with E-state index < -0.39 is 0 Å². The Labute approximate surface area is 97.4 Å². The maximum atomic E-state index is 5.57. The van der Waals surface area contributed by atoms with Crippen molar-refractivity contribution >= 4 is 11.6 Å². The van der Waals surface area contributed by atoms with Crippen LogP contribution >= 0.6 is 11.6 Å². The Morgan fingerprint density at radius 2 is 2.18 bits per heavy atom. The van der Waals surface area contributed by atoms with E-state index in [2.05, 4.69) is 24.9 Å². The molecule has 1 nitrogen and oxygen atoms in total. The van der Waals surface area contributed by atoms with Gasteiger partial charge in [0.2, 0.25) is 0 Å². The van der Waals surface area contributed by atoms with Gasteiger partial charge in [-0.15, -0.1) is 23.2 Å². The smallest absolute Gasteiger partial charge is 0.0142 e. The van der Waals surface area contributed by atoms with Gasteiger partial charge in [0, 0.05) is 37.9 Å². The Morgan fingerprint density at radius 3 is 2.55 bits per heavy atom. The summed E-state index contributed by atoms with van der Waals surface area (Å²) in [6.07, 6.45) is 1.76. The first-order chi connectivity index (χ1) is 4.70. The molecule has 1 aromatic heterocycles. The van der Waals surface area contributed by atoms with Crippen molar-refractivity contribution in [2.24, 2.45) is 0 Å². The first kappa shape index (κ1) is 11.5. The van der Waals surface area contributed by atoms with E-state index in [0.717, 1.165) is 5.56 Å². The maximum Gasteiger partial charge on any atom is 0.0142 e. The van der Waals surface area contributed by atoms with Crippen molar-refractivity contribution < 1.29 is 32.7 Å². The molecule has 0 atom stereocenters. The standard InChI is InChI=1S/C8H9ClN.Y/c1-6(2)7-3-4-8(9)10-5-7;/h4-6H,1-2H3;/q-1;. The predicted molar refractivity (Wildman–Crippen MR) is 42.2 cm³/mol. The molecule has 0 fully saturated rings. The van der Waals surface area contributed by atoms with Gasteiger partial charge in [-0.05, 0) is 5.92 Å². The van der Waals surface area contributed by atoms with E-state index >= 15 is 0 Å². The molecule has 0 aliphatic heterocycles. The molecule has 0 spiro atoms. The molecule has 1 radical (unpaired) electrons. The predicted octanol–water partition coefficient (Wildman–Crippen LogP) is 2.66. The molecular weight excluding hydrogens is 234 g/mol. The number of hydrogen-bond acceptors (Lipinski definition) is 1. The summed E-state index contributed by atoms with van der Waals surface area (Å²) in [5, 5.41) is 0.504. The molecule has 1 rings (SSSR count).